The number of hydrogen-bond donors (Lipinski definition) is 0. The van der Waals surface area contributed by atoms with Crippen molar-refractivity contribution in [1.29, 1.82) is 0 Å². The van der Waals surface area contributed by atoms with Crippen molar-refractivity contribution in [3.05, 3.63) is 0 Å². The maximum absolute atomic E-state index is 2.49. The fraction of sp³-hybridized carbons (Fsp3) is 1.00. The zero-order chi connectivity index (χ0) is 10.1. The molecule has 80 valence electrons. The van der Waals surface area contributed by atoms with E-state index in [2.05, 4.69) is 27.7 Å². The van der Waals surface area contributed by atoms with Gasteiger partial charge < -0.3 is 0 Å². The molecule has 0 amide bonds. The zero-order valence-electron chi connectivity index (χ0n) is 10.1. The summed E-state index contributed by atoms with van der Waals surface area (Å²) in [5, 5.41) is 0. The first-order valence-corrected chi connectivity index (χ1v) is 6.63. The fourth-order valence-electron chi connectivity index (χ4n) is 4.59. The van der Waals surface area contributed by atoms with E-state index in [1.807, 2.05) is 0 Å². The van der Waals surface area contributed by atoms with Gasteiger partial charge in [0.1, 0.15) is 0 Å². The van der Waals surface area contributed by atoms with Crippen LogP contribution < -0.4 is 0 Å². The predicted molar refractivity (Wildman–Crippen MR) is 59.9 cm³/mol. The standard InChI is InChI=1S/C14H24/c1-5-8(2)13-12-7-14(12,13)11-6-9(3)10(11)4/h8-13H,5-7H2,1-4H3. The van der Waals surface area contributed by atoms with Gasteiger partial charge in [0.25, 0.3) is 0 Å². The predicted octanol–water partition coefficient (Wildman–Crippen LogP) is 3.96. The molecule has 3 aliphatic rings. The molecule has 3 fully saturated rings. The van der Waals surface area contributed by atoms with Crippen LogP contribution >= 0.6 is 0 Å². The quantitative estimate of drug-likeness (QED) is 0.635. The van der Waals surface area contributed by atoms with Gasteiger partial charge in [-0.3, -0.25) is 0 Å². The summed E-state index contributed by atoms with van der Waals surface area (Å²) in [6, 6.07) is 0. The van der Waals surface area contributed by atoms with E-state index in [1.54, 1.807) is 12.8 Å². The zero-order valence-corrected chi connectivity index (χ0v) is 10.1. The first-order valence-electron chi connectivity index (χ1n) is 6.63. The maximum atomic E-state index is 2.49. The van der Waals surface area contributed by atoms with Crippen LogP contribution in [0, 0.1) is 40.9 Å². The van der Waals surface area contributed by atoms with Crippen LogP contribution in [0.25, 0.3) is 0 Å². The highest BCUT2D eigenvalue weighted by molar-refractivity contribution is 5.30. The lowest BCUT2D eigenvalue weighted by atomic mass is 9.61. The Hall–Kier alpha value is 0. The van der Waals surface area contributed by atoms with Gasteiger partial charge >= 0.3 is 0 Å². The van der Waals surface area contributed by atoms with Crippen LogP contribution in [0.5, 0.6) is 0 Å². The lowest BCUT2D eigenvalue weighted by Gasteiger charge is -2.44. The van der Waals surface area contributed by atoms with Crippen molar-refractivity contribution >= 4 is 0 Å². The molecule has 0 spiro atoms. The minimum atomic E-state index is 0.904. The third-order valence-corrected chi connectivity index (χ3v) is 6.15. The average Bonchev–Trinajstić information content (AvgIpc) is 3.01. The van der Waals surface area contributed by atoms with Gasteiger partial charge in [0.05, 0.1) is 0 Å². The summed E-state index contributed by atoms with van der Waals surface area (Å²) in [7, 11) is 0. The molecule has 0 N–H and O–H groups in total. The molecule has 0 aromatic heterocycles. The van der Waals surface area contributed by atoms with Crippen molar-refractivity contribution in [2.75, 3.05) is 0 Å². The molecule has 3 saturated carbocycles. The van der Waals surface area contributed by atoms with Crippen molar-refractivity contribution in [2.24, 2.45) is 40.9 Å². The topological polar surface area (TPSA) is 0 Å². The molecule has 0 aliphatic heterocycles. The molecule has 7 unspecified atom stereocenters. The largest absolute Gasteiger partial charge is 0.0651 e. The van der Waals surface area contributed by atoms with Gasteiger partial charge in [-0.2, -0.15) is 0 Å². The second kappa shape index (κ2) is 2.57. The first-order chi connectivity index (χ1) is 6.63. The average molecular weight is 192 g/mol. The molecule has 7 atom stereocenters. The molecule has 0 nitrogen and oxygen atoms in total. The summed E-state index contributed by atoms with van der Waals surface area (Å²) in [6.45, 7) is 9.78. The number of rotatable bonds is 3. The van der Waals surface area contributed by atoms with Crippen molar-refractivity contribution in [2.45, 2.75) is 47.0 Å². The molecule has 3 aliphatic carbocycles. The van der Waals surface area contributed by atoms with Crippen molar-refractivity contribution in [3.63, 3.8) is 0 Å². The summed E-state index contributed by atoms with van der Waals surface area (Å²) < 4.78 is 0. The molecule has 0 aromatic rings. The van der Waals surface area contributed by atoms with E-state index in [9.17, 15) is 0 Å². The van der Waals surface area contributed by atoms with E-state index in [-0.39, 0.29) is 0 Å². The van der Waals surface area contributed by atoms with Crippen LogP contribution in [0.1, 0.15) is 47.0 Å². The van der Waals surface area contributed by atoms with Crippen LogP contribution in [-0.2, 0) is 0 Å². The van der Waals surface area contributed by atoms with Crippen LogP contribution in [0.4, 0.5) is 0 Å². The highest BCUT2D eigenvalue weighted by Crippen LogP contribution is 2.88. The Morgan fingerprint density at radius 2 is 2.00 bits per heavy atom. The van der Waals surface area contributed by atoms with E-state index in [4.69, 9.17) is 0 Å². The first kappa shape index (κ1) is 9.24. The molecule has 3 rings (SSSR count). The van der Waals surface area contributed by atoms with Crippen LogP contribution in [-0.4, -0.2) is 0 Å². The van der Waals surface area contributed by atoms with Gasteiger partial charge in [-0.25, -0.2) is 0 Å². The number of fused-ring (bicyclic) bond motifs is 1. The van der Waals surface area contributed by atoms with E-state index in [0.29, 0.717) is 0 Å². The molecule has 0 heterocycles. The summed E-state index contributed by atoms with van der Waals surface area (Å²) in [4.78, 5) is 0. The van der Waals surface area contributed by atoms with Crippen LogP contribution in [0.2, 0.25) is 0 Å². The number of hydrogen-bond acceptors (Lipinski definition) is 0. The SMILES string of the molecule is CCC(C)C1C2CC21C1CC(C)C1C. The molecule has 0 aromatic carbocycles. The third kappa shape index (κ3) is 0.864. The normalized spacial score (nSPS) is 61.3. The lowest BCUT2D eigenvalue weighted by Crippen LogP contribution is -2.37. The van der Waals surface area contributed by atoms with Gasteiger partial charge in [0, 0.05) is 0 Å². The van der Waals surface area contributed by atoms with Crippen molar-refractivity contribution in [3.8, 4) is 0 Å². The summed E-state index contributed by atoms with van der Waals surface area (Å²) in [6.07, 6.45) is 4.55. The van der Waals surface area contributed by atoms with Crippen LogP contribution in [0.3, 0.4) is 0 Å². The lowest BCUT2D eigenvalue weighted by molar-refractivity contribution is 0.0429. The van der Waals surface area contributed by atoms with Crippen molar-refractivity contribution < 1.29 is 0 Å². The fourth-order valence-corrected chi connectivity index (χ4v) is 4.59. The van der Waals surface area contributed by atoms with Gasteiger partial charge in [0.15, 0.2) is 0 Å². The van der Waals surface area contributed by atoms with Gasteiger partial charge in [-0.05, 0) is 53.8 Å². The molecule has 0 heteroatoms. The van der Waals surface area contributed by atoms with E-state index >= 15 is 0 Å². The Kier molecular flexibility index (Phi) is 1.70. The Labute approximate surface area is 88.5 Å². The van der Waals surface area contributed by atoms with Crippen molar-refractivity contribution in [1.82, 2.24) is 0 Å². The second-order valence-corrected chi connectivity index (χ2v) is 6.51. The molecular weight excluding hydrogens is 168 g/mol. The Balaban J connectivity index is 1.66. The maximum Gasteiger partial charge on any atom is -0.0198 e. The van der Waals surface area contributed by atoms with E-state index < -0.39 is 0 Å². The molecular formula is C14H24. The Morgan fingerprint density at radius 1 is 1.29 bits per heavy atom. The summed E-state index contributed by atoms with van der Waals surface area (Å²) in [5.41, 5.74) is 0.904. The summed E-state index contributed by atoms with van der Waals surface area (Å²) in [5.74, 6) is 6.52. The monoisotopic (exact) mass is 192 g/mol. The minimum Gasteiger partial charge on any atom is -0.0651 e. The molecule has 0 saturated heterocycles. The second-order valence-electron chi connectivity index (χ2n) is 6.51. The van der Waals surface area contributed by atoms with Crippen LogP contribution in [0.15, 0.2) is 0 Å². The van der Waals surface area contributed by atoms with E-state index in [1.165, 1.54) is 12.3 Å². The Morgan fingerprint density at radius 3 is 2.43 bits per heavy atom. The Bertz CT molecular complexity index is 257. The summed E-state index contributed by atoms with van der Waals surface area (Å²) >= 11 is 0. The third-order valence-electron chi connectivity index (χ3n) is 6.15. The highest BCUT2D eigenvalue weighted by atomic mass is 14.9. The van der Waals surface area contributed by atoms with E-state index in [0.717, 1.165) is 35.0 Å². The van der Waals surface area contributed by atoms with Gasteiger partial charge in [-0.15, -0.1) is 0 Å². The molecule has 0 radical (unpaired) electrons. The highest BCUT2D eigenvalue weighted by Gasteiger charge is 2.82. The molecule has 0 bridgehead atoms. The van der Waals surface area contributed by atoms with Gasteiger partial charge in [0.2, 0.25) is 0 Å². The minimum absolute atomic E-state index is 0.904. The molecule has 14 heavy (non-hydrogen) atoms. The van der Waals surface area contributed by atoms with Gasteiger partial charge in [-0.1, -0.05) is 34.1 Å². The smallest absolute Gasteiger partial charge is 0.0198 e.